The predicted molar refractivity (Wildman–Crippen MR) is 103 cm³/mol. The van der Waals surface area contributed by atoms with Crippen molar-refractivity contribution in [3.8, 4) is 0 Å². The third-order valence-corrected chi connectivity index (χ3v) is 6.05. The highest BCUT2D eigenvalue weighted by Crippen LogP contribution is 2.41. The standard InChI is InChI=1S/C20H23N3O3S/c1-27-13-16-5-6-17(26-16)18(24)23-11-8-20(14-23)7-10-22(19(20)25)12-15-4-2-3-9-21-15/h2-6,9H,7-8,10-14H2,1H3. The monoisotopic (exact) mass is 385 g/mol. The Morgan fingerprint density at radius 3 is 2.89 bits per heavy atom. The van der Waals surface area contributed by atoms with Crippen LogP contribution in [0.3, 0.4) is 0 Å². The summed E-state index contributed by atoms with van der Waals surface area (Å²) in [5.74, 6) is 1.95. The van der Waals surface area contributed by atoms with Crippen LogP contribution in [0.25, 0.3) is 0 Å². The van der Waals surface area contributed by atoms with Crippen LogP contribution in [0, 0.1) is 5.41 Å². The van der Waals surface area contributed by atoms with Crippen molar-refractivity contribution in [1.29, 1.82) is 0 Å². The molecular weight excluding hydrogens is 362 g/mol. The Balaban J connectivity index is 1.42. The van der Waals surface area contributed by atoms with Crippen LogP contribution in [0.4, 0.5) is 0 Å². The van der Waals surface area contributed by atoms with Gasteiger partial charge in [-0.25, -0.2) is 0 Å². The van der Waals surface area contributed by atoms with Crippen molar-refractivity contribution in [3.63, 3.8) is 0 Å². The van der Waals surface area contributed by atoms with Gasteiger partial charge in [0, 0.05) is 25.8 Å². The number of likely N-dealkylation sites (tertiary alicyclic amines) is 2. The zero-order valence-corrected chi connectivity index (χ0v) is 16.2. The van der Waals surface area contributed by atoms with Crippen molar-refractivity contribution in [3.05, 3.63) is 53.7 Å². The van der Waals surface area contributed by atoms with Crippen LogP contribution in [0.2, 0.25) is 0 Å². The highest BCUT2D eigenvalue weighted by Gasteiger charge is 2.51. The SMILES string of the molecule is CSCc1ccc(C(=O)N2CCC3(CCN(Cc4ccccn4)C3=O)C2)o1. The van der Waals surface area contributed by atoms with Crippen molar-refractivity contribution in [1.82, 2.24) is 14.8 Å². The molecule has 2 saturated heterocycles. The van der Waals surface area contributed by atoms with E-state index in [1.807, 2.05) is 35.4 Å². The van der Waals surface area contributed by atoms with Gasteiger partial charge in [0.15, 0.2) is 5.76 Å². The van der Waals surface area contributed by atoms with Gasteiger partial charge in [0.05, 0.1) is 23.4 Å². The summed E-state index contributed by atoms with van der Waals surface area (Å²) in [5, 5.41) is 0. The highest BCUT2D eigenvalue weighted by molar-refractivity contribution is 7.97. The summed E-state index contributed by atoms with van der Waals surface area (Å²) in [5.41, 5.74) is 0.449. The van der Waals surface area contributed by atoms with E-state index in [9.17, 15) is 9.59 Å². The lowest BCUT2D eigenvalue weighted by Crippen LogP contribution is -2.38. The molecule has 2 aliphatic rings. The summed E-state index contributed by atoms with van der Waals surface area (Å²) in [7, 11) is 0. The van der Waals surface area contributed by atoms with E-state index in [1.165, 1.54) is 0 Å². The minimum Gasteiger partial charge on any atom is -0.455 e. The third-order valence-electron chi connectivity index (χ3n) is 5.48. The summed E-state index contributed by atoms with van der Waals surface area (Å²) in [6, 6.07) is 9.33. The molecule has 1 atom stereocenters. The van der Waals surface area contributed by atoms with Gasteiger partial charge in [-0.15, -0.1) is 0 Å². The molecule has 0 N–H and O–H groups in total. The maximum absolute atomic E-state index is 13.1. The molecule has 0 aromatic carbocycles. The normalized spacial score (nSPS) is 22.2. The highest BCUT2D eigenvalue weighted by atomic mass is 32.2. The molecule has 6 nitrogen and oxygen atoms in total. The molecule has 4 heterocycles. The number of hydrogen-bond acceptors (Lipinski definition) is 5. The second kappa shape index (κ2) is 7.38. The van der Waals surface area contributed by atoms with E-state index in [0.717, 1.165) is 30.2 Å². The Morgan fingerprint density at radius 1 is 1.26 bits per heavy atom. The Hall–Kier alpha value is -2.28. The van der Waals surface area contributed by atoms with Crippen molar-refractivity contribution < 1.29 is 14.0 Å². The maximum atomic E-state index is 13.1. The number of hydrogen-bond donors (Lipinski definition) is 0. The Morgan fingerprint density at radius 2 is 2.11 bits per heavy atom. The lowest BCUT2D eigenvalue weighted by Gasteiger charge is -2.23. The van der Waals surface area contributed by atoms with E-state index < -0.39 is 5.41 Å². The minimum atomic E-state index is -0.445. The summed E-state index contributed by atoms with van der Waals surface area (Å²) in [6.45, 7) is 2.32. The van der Waals surface area contributed by atoms with Crippen molar-refractivity contribution in [2.75, 3.05) is 25.9 Å². The van der Waals surface area contributed by atoms with Gasteiger partial charge < -0.3 is 14.2 Å². The molecule has 2 fully saturated rings. The van der Waals surface area contributed by atoms with E-state index in [1.54, 1.807) is 28.9 Å². The Labute approximate surface area is 162 Å². The number of amides is 2. The van der Waals surface area contributed by atoms with E-state index in [-0.39, 0.29) is 11.8 Å². The van der Waals surface area contributed by atoms with Crippen molar-refractivity contribution in [2.45, 2.75) is 25.1 Å². The fourth-order valence-electron chi connectivity index (χ4n) is 4.02. The van der Waals surface area contributed by atoms with Crippen LogP contribution >= 0.6 is 11.8 Å². The number of rotatable bonds is 5. The second-order valence-electron chi connectivity index (χ2n) is 7.25. The predicted octanol–water partition coefficient (Wildman–Crippen LogP) is 2.80. The molecule has 0 bridgehead atoms. The number of thioether (sulfide) groups is 1. The summed E-state index contributed by atoms with van der Waals surface area (Å²) < 4.78 is 5.66. The van der Waals surface area contributed by atoms with E-state index >= 15 is 0 Å². The van der Waals surface area contributed by atoms with Crippen LogP contribution < -0.4 is 0 Å². The molecule has 0 saturated carbocycles. The summed E-state index contributed by atoms with van der Waals surface area (Å²) >= 11 is 1.65. The number of carbonyl (C=O) groups excluding carboxylic acids is 2. The maximum Gasteiger partial charge on any atom is 0.289 e. The molecule has 2 amide bonds. The fourth-order valence-corrected chi connectivity index (χ4v) is 4.46. The quantitative estimate of drug-likeness (QED) is 0.792. The zero-order valence-electron chi connectivity index (χ0n) is 15.4. The largest absolute Gasteiger partial charge is 0.455 e. The molecule has 27 heavy (non-hydrogen) atoms. The van der Waals surface area contributed by atoms with Crippen LogP contribution in [0.15, 0.2) is 40.9 Å². The van der Waals surface area contributed by atoms with Gasteiger partial charge in [-0.3, -0.25) is 14.6 Å². The molecule has 2 aromatic heterocycles. The fraction of sp³-hybridized carbons (Fsp3) is 0.450. The molecule has 1 unspecified atom stereocenters. The molecular formula is C20H23N3O3S. The molecule has 2 aromatic rings. The van der Waals surface area contributed by atoms with Crippen LogP contribution in [0.1, 0.15) is 34.9 Å². The first kappa shape index (κ1) is 18.1. The van der Waals surface area contributed by atoms with Gasteiger partial charge in [0.1, 0.15) is 5.76 Å². The summed E-state index contributed by atoms with van der Waals surface area (Å²) in [4.78, 5) is 33.8. The topological polar surface area (TPSA) is 66.7 Å². The zero-order chi connectivity index (χ0) is 18.9. The molecule has 142 valence electrons. The van der Waals surface area contributed by atoms with E-state index in [4.69, 9.17) is 4.42 Å². The molecule has 1 spiro atoms. The Kier molecular flexibility index (Phi) is 4.95. The van der Waals surface area contributed by atoms with Gasteiger partial charge >= 0.3 is 0 Å². The van der Waals surface area contributed by atoms with Crippen molar-refractivity contribution in [2.24, 2.45) is 5.41 Å². The van der Waals surface area contributed by atoms with Gasteiger partial charge in [-0.05, 0) is 43.4 Å². The lowest BCUT2D eigenvalue weighted by atomic mass is 9.85. The molecule has 0 radical (unpaired) electrons. The van der Waals surface area contributed by atoms with Gasteiger partial charge in [0.25, 0.3) is 5.91 Å². The number of pyridine rings is 1. The minimum absolute atomic E-state index is 0.116. The van der Waals surface area contributed by atoms with Crippen molar-refractivity contribution >= 4 is 23.6 Å². The van der Waals surface area contributed by atoms with E-state index in [2.05, 4.69) is 4.98 Å². The number of furan rings is 1. The summed E-state index contributed by atoms with van der Waals surface area (Å²) in [6.07, 6.45) is 5.25. The van der Waals surface area contributed by atoms with Crippen LogP contribution in [-0.2, 0) is 17.1 Å². The average molecular weight is 385 g/mol. The molecule has 2 aliphatic heterocycles. The third kappa shape index (κ3) is 3.48. The molecule has 7 heteroatoms. The van der Waals surface area contributed by atoms with Gasteiger partial charge in [0.2, 0.25) is 5.91 Å². The lowest BCUT2D eigenvalue weighted by molar-refractivity contribution is -0.136. The smallest absolute Gasteiger partial charge is 0.289 e. The second-order valence-corrected chi connectivity index (χ2v) is 8.12. The Bertz CT molecular complexity index is 838. The van der Waals surface area contributed by atoms with Crippen LogP contribution in [-0.4, -0.2) is 52.5 Å². The average Bonchev–Trinajstić information content (AvgIpc) is 3.39. The molecule has 4 rings (SSSR count). The number of nitrogens with zero attached hydrogens (tertiary/aromatic N) is 3. The number of aromatic nitrogens is 1. The first-order chi connectivity index (χ1) is 13.1. The number of carbonyl (C=O) groups is 2. The first-order valence-corrected chi connectivity index (χ1v) is 10.6. The molecule has 0 aliphatic carbocycles. The first-order valence-electron chi connectivity index (χ1n) is 9.17. The van der Waals surface area contributed by atoms with E-state index in [0.29, 0.717) is 31.8 Å². The van der Waals surface area contributed by atoms with Crippen LogP contribution in [0.5, 0.6) is 0 Å². The van der Waals surface area contributed by atoms with Gasteiger partial charge in [-0.1, -0.05) is 6.07 Å². The van der Waals surface area contributed by atoms with Gasteiger partial charge in [-0.2, -0.15) is 11.8 Å².